The number of aromatic nitrogens is 2. The number of nitrogens with one attached hydrogen (secondary N) is 2. The van der Waals surface area contributed by atoms with E-state index in [4.69, 9.17) is 0 Å². The van der Waals surface area contributed by atoms with Crippen LogP contribution in [-0.2, 0) is 16.1 Å². The molecule has 1 aliphatic rings. The van der Waals surface area contributed by atoms with Crippen LogP contribution in [0, 0.1) is 0 Å². The number of nitrogens with zero attached hydrogens (tertiary/aromatic N) is 2. The van der Waals surface area contributed by atoms with Gasteiger partial charge in [0.15, 0.2) is 0 Å². The van der Waals surface area contributed by atoms with Crippen molar-refractivity contribution in [1.82, 2.24) is 19.8 Å². The number of thioether (sulfide) groups is 1. The Bertz CT molecular complexity index is 1460. The fourth-order valence-electron chi connectivity index (χ4n) is 5.12. The minimum atomic E-state index is -0.349. The molecule has 0 saturated carbocycles. The SMILES string of the molecule is CCN(CC)CCCn1cc(C2=C(c3c[nH]c4ccccc34)C(=O)NC2=O)c2cccc(SC)c21. The van der Waals surface area contributed by atoms with Crippen molar-refractivity contribution < 1.29 is 9.59 Å². The molecule has 2 aromatic carbocycles. The predicted molar refractivity (Wildman–Crippen MR) is 144 cm³/mol. The van der Waals surface area contributed by atoms with Gasteiger partial charge in [-0.1, -0.05) is 44.2 Å². The summed E-state index contributed by atoms with van der Waals surface area (Å²) in [4.78, 5) is 33.1. The van der Waals surface area contributed by atoms with Crippen LogP contribution in [0.4, 0.5) is 0 Å². The number of hydrogen-bond donors (Lipinski definition) is 2. The number of carbonyl (C=O) groups is 2. The molecule has 0 fully saturated rings. The molecule has 6 nitrogen and oxygen atoms in total. The van der Waals surface area contributed by atoms with Gasteiger partial charge in [-0.2, -0.15) is 0 Å². The molecule has 0 atom stereocenters. The fourth-order valence-corrected chi connectivity index (χ4v) is 5.75. The van der Waals surface area contributed by atoms with Crippen molar-refractivity contribution in [2.45, 2.75) is 31.7 Å². The van der Waals surface area contributed by atoms with Crippen LogP contribution >= 0.6 is 11.8 Å². The van der Waals surface area contributed by atoms with E-state index in [2.05, 4.69) is 58.2 Å². The molecule has 2 amide bonds. The molecule has 4 aromatic rings. The number of H-pyrrole nitrogens is 1. The lowest BCUT2D eigenvalue weighted by Gasteiger charge is -2.18. The van der Waals surface area contributed by atoms with Gasteiger partial charge >= 0.3 is 0 Å². The smallest absolute Gasteiger partial charge is 0.259 e. The van der Waals surface area contributed by atoms with E-state index < -0.39 is 0 Å². The van der Waals surface area contributed by atoms with Gasteiger partial charge in [-0.15, -0.1) is 11.8 Å². The minimum absolute atomic E-state index is 0.341. The number of aryl methyl sites for hydroxylation is 1. The zero-order valence-electron chi connectivity index (χ0n) is 20.4. The van der Waals surface area contributed by atoms with Crippen molar-refractivity contribution in [2.75, 3.05) is 25.9 Å². The molecular formula is C28H30N4O2S. The highest BCUT2D eigenvalue weighted by Gasteiger charge is 2.35. The summed E-state index contributed by atoms with van der Waals surface area (Å²) in [5, 5.41) is 4.48. The van der Waals surface area contributed by atoms with Crippen molar-refractivity contribution in [1.29, 1.82) is 0 Å². The summed E-state index contributed by atoms with van der Waals surface area (Å²) in [7, 11) is 0. The zero-order chi connectivity index (χ0) is 24.5. The molecule has 5 rings (SSSR count). The Labute approximate surface area is 209 Å². The Morgan fingerprint density at radius 3 is 2.37 bits per heavy atom. The maximum Gasteiger partial charge on any atom is 0.259 e. The molecule has 3 heterocycles. The lowest BCUT2D eigenvalue weighted by molar-refractivity contribution is -0.122. The van der Waals surface area contributed by atoms with Gasteiger partial charge in [-0.05, 0) is 44.4 Å². The van der Waals surface area contributed by atoms with Crippen LogP contribution in [0.25, 0.3) is 33.0 Å². The maximum atomic E-state index is 13.2. The van der Waals surface area contributed by atoms with Crippen LogP contribution in [0.1, 0.15) is 31.4 Å². The molecule has 1 aliphatic heterocycles. The first-order valence-electron chi connectivity index (χ1n) is 12.1. The summed E-state index contributed by atoms with van der Waals surface area (Å²) in [6.45, 7) is 8.31. The second-order valence-electron chi connectivity index (χ2n) is 8.75. The van der Waals surface area contributed by atoms with Gasteiger partial charge in [0.25, 0.3) is 11.8 Å². The molecule has 0 spiro atoms. The lowest BCUT2D eigenvalue weighted by atomic mass is 9.95. The van der Waals surface area contributed by atoms with E-state index in [0.29, 0.717) is 11.1 Å². The third-order valence-corrected chi connectivity index (χ3v) is 7.68. The van der Waals surface area contributed by atoms with E-state index in [0.717, 1.165) is 70.4 Å². The number of benzene rings is 2. The molecule has 35 heavy (non-hydrogen) atoms. The number of imide groups is 1. The third kappa shape index (κ3) is 4.09. The van der Waals surface area contributed by atoms with Crippen LogP contribution in [0.3, 0.4) is 0 Å². The molecule has 0 radical (unpaired) electrons. The first-order valence-corrected chi connectivity index (χ1v) is 13.3. The number of para-hydroxylation sites is 2. The lowest BCUT2D eigenvalue weighted by Crippen LogP contribution is -2.24. The van der Waals surface area contributed by atoms with E-state index in [1.54, 1.807) is 11.8 Å². The van der Waals surface area contributed by atoms with E-state index in [-0.39, 0.29) is 11.8 Å². The van der Waals surface area contributed by atoms with Gasteiger partial charge in [0.05, 0.1) is 16.7 Å². The largest absolute Gasteiger partial charge is 0.361 e. The molecule has 0 unspecified atom stereocenters. The Kier molecular flexibility index (Phi) is 6.54. The zero-order valence-corrected chi connectivity index (χ0v) is 21.2. The van der Waals surface area contributed by atoms with E-state index in [1.807, 2.05) is 36.5 Å². The highest BCUT2D eigenvalue weighted by molar-refractivity contribution is 7.98. The molecule has 0 saturated heterocycles. The number of amides is 2. The summed E-state index contributed by atoms with van der Waals surface area (Å²) in [6, 6.07) is 14.0. The first-order chi connectivity index (χ1) is 17.1. The van der Waals surface area contributed by atoms with Crippen molar-refractivity contribution in [3.63, 3.8) is 0 Å². The second-order valence-corrected chi connectivity index (χ2v) is 9.60. The topological polar surface area (TPSA) is 70.1 Å². The second kappa shape index (κ2) is 9.76. The molecule has 0 aliphatic carbocycles. The molecule has 0 bridgehead atoms. The van der Waals surface area contributed by atoms with Crippen LogP contribution in [0.5, 0.6) is 0 Å². The summed E-state index contributed by atoms with van der Waals surface area (Å²) in [5.41, 5.74) is 4.50. The number of hydrogen-bond acceptors (Lipinski definition) is 4. The third-order valence-electron chi connectivity index (χ3n) is 6.91. The van der Waals surface area contributed by atoms with Crippen molar-refractivity contribution in [3.8, 4) is 0 Å². The Morgan fingerprint density at radius 1 is 0.914 bits per heavy atom. The Hall–Kier alpha value is -3.29. The maximum absolute atomic E-state index is 13.2. The van der Waals surface area contributed by atoms with Gasteiger partial charge < -0.3 is 14.5 Å². The molecule has 7 heteroatoms. The normalized spacial score (nSPS) is 14.2. The van der Waals surface area contributed by atoms with Crippen LogP contribution in [0.15, 0.2) is 59.8 Å². The van der Waals surface area contributed by atoms with Crippen LogP contribution in [0.2, 0.25) is 0 Å². The standard InChI is InChI=1S/C28H30N4O2S/c1-4-31(5-2)14-9-15-32-17-21(19-11-8-13-23(35-3)26(19)32)25-24(27(33)30-28(25)34)20-16-29-22-12-7-6-10-18(20)22/h6-8,10-13,16-17,29H,4-5,9,14-15H2,1-3H3,(H,30,33,34). The summed E-state index contributed by atoms with van der Waals surface area (Å²) < 4.78 is 2.26. The summed E-state index contributed by atoms with van der Waals surface area (Å²) >= 11 is 1.70. The van der Waals surface area contributed by atoms with Crippen LogP contribution < -0.4 is 5.32 Å². The van der Waals surface area contributed by atoms with Crippen molar-refractivity contribution >= 4 is 56.5 Å². The quantitative estimate of drug-likeness (QED) is 0.254. The van der Waals surface area contributed by atoms with Gasteiger partial charge in [0.2, 0.25) is 0 Å². The van der Waals surface area contributed by atoms with Gasteiger partial charge in [-0.3, -0.25) is 14.9 Å². The Balaban J connectivity index is 1.68. The molecular weight excluding hydrogens is 456 g/mol. The highest BCUT2D eigenvalue weighted by Crippen LogP contribution is 2.40. The minimum Gasteiger partial charge on any atom is -0.361 e. The van der Waals surface area contributed by atoms with Crippen molar-refractivity contribution in [3.05, 3.63) is 66.0 Å². The summed E-state index contributed by atoms with van der Waals surface area (Å²) in [6.07, 6.45) is 6.97. The first kappa shape index (κ1) is 23.5. The highest BCUT2D eigenvalue weighted by atomic mass is 32.2. The average molecular weight is 487 g/mol. The molecule has 2 N–H and O–H groups in total. The number of carbonyl (C=O) groups excluding carboxylic acids is 2. The van der Waals surface area contributed by atoms with Gasteiger partial charge in [0, 0.05) is 51.2 Å². The fraction of sp³-hybridized carbons (Fsp3) is 0.286. The number of fused-ring (bicyclic) bond motifs is 2. The van der Waals surface area contributed by atoms with Gasteiger partial charge in [0.1, 0.15) is 0 Å². The molecule has 2 aromatic heterocycles. The molecule has 180 valence electrons. The van der Waals surface area contributed by atoms with Crippen LogP contribution in [-0.4, -0.2) is 52.2 Å². The van der Waals surface area contributed by atoms with Crippen molar-refractivity contribution in [2.24, 2.45) is 0 Å². The Morgan fingerprint density at radius 2 is 1.63 bits per heavy atom. The predicted octanol–water partition coefficient (Wildman–Crippen LogP) is 5.14. The van der Waals surface area contributed by atoms with E-state index in [1.165, 1.54) is 0 Å². The summed E-state index contributed by atoms with van der Waals surface area (Å²) in [5.74, 6) is -0.690. The van der Waals surface area contributed by atoms with E-state index in [9.17, 15) is 9.59 Å². The number of rotatable bonds is 9. The van der Waals surface area contributed by atoms with Gasteiger partial charge in [-0.25, -0.2) is 0 Å². The average Bonchev–Trinajstić information content (AvgIpc) is 3.54. The number of aromatic amines is 1. The monoisotopic (exact) mass is 486 g/mol. The van der Waals surface area contributed by atoms with E-state index >= 15 is 0 Å².